The molecule has 0 fully saturated rings. The van der Waals surface area contributed by atoms with Crippen LogP contribution in [0.4, 0.5) is 0 Å². The van der Waals surface area contributed by atoms with Crippen molar-refractivity contribution in [2.24, 2.45) is 4.99 Å². The highest BCUT2D eigenvalue weighted by Gasteiger charge is 2.04. The van der Waals surface area contributed by atoms with Crippen LogP contribution in [0.5, 0.6) is 0 Å². The number of hydrogen-bond acceptors (Lipinski definition) is 3. The maximum atomic E-state index is 4.68. The van der Waals surface area contributed by atoms with Gasteiger partial charge in [-0.2, -0.15) is 11.8 Å². The summed E-state index contributed by atoms with van der Waals surface area (Å²) in [6.45, 7) is 4.47. The van der Waals surface area contributed by atoms with Crippen LogP contribution in [0.15, 0.2) is 48.0 Å². The van der Waals surface area contributed by atoms with Crippen LogP contribution in [0.2, 0.25) is 0 Å². The van der Waals surface area contributed by atoms with E-state index in [1.54, 1.807) is 6.20 Å². The monoisotopic (exact) mass is 445 g/mol. The molecule has 0 bridgehead atoms. The van der Waals surface area contributed by atoms with Crippen LogP contribution in [-0.2, 0) is 6.54 Å². The molecule has 0 atom stereocenters. The predicted octanol–water partition coefficient (Wildman–Crippen LogP) is 2.91. The molecule has 1 aromatic carbocycles. The Kier molecular flexibility index (Phi) is 9.77. The van der Waals surface area contributed by atoms with E-state index in [1.165, 1.54) is 5.56 Å². The Bertz CT molecular complexity index is 586. The molecule has 0 radical (unpaired) electrons. The van der Waals surface area contributed by atoms with E-state index in [0.29, 0.717) is 6.54 Å². The molecule has 0 aliphatic rings. The van der Waals surface area contributed by atoms with Gasteiger partial charge in [-0.15, -0.1) is 24.0 Å². The zero-order valence-electron chi connectivity index (χ0n) is 13.5. The van der Waals surface area contributed by atoms with Crippen molar-refractivity contribution in [2.45, 2.75) is 13.5 Å². The largest absolute Gasteiger partial charge is 0.357 e. The molecule has 5 nitrogen and oxygen atoms in total. The minimum absolute atomic E-state index is 0. The fourth-order valence-electron chi connectivity index (χ4n) is 2.08. The molecule has 0 spiro atoms. The van der Waals surface area contributed by atoms with Crippen molar-refractivity contribution in [3.05, 3.63) is 48.5 Å². The Morgan fingerprint density at radius 1 is 1.30 bits per heavy atom. The summed E-state index contributed by atoms with van der Waals surface area (Å²) in [5, 5.41) is 6.62. The third kappa shape index (κ3) is 6.42. The molecule has 0 saturated carbocycles. The number of para-hydroxylation sites is 1. The summed E-state index contributed by atoms with van der Waals surface area (Å²) < 4.78 is 2.01. The topological polar surface area (TPSA) is 54.2 Å². The van der Waals surface area contributed by atoms with Crippen LogP contribution >= 0.6 is 35.7 Å². The summed E-state index contributed by atoms with van der Waals surface area (Å²) >= 11 is 1.82. The van der Waals surface area contributed by atoms with E-state index >= 15 is 0 Å². The van der Waals surface area contributed by atoms with Gasteiger partial charge in [-0.3, -0.25) is 0 Å². The van der Waals surface area contributed by atoms with Crippen LogP contribution in [0.25, 0.3) is 5.69 Å². The van der Waals surface area contributed by atoms with Crippen LogP contribution in [0, 0.1) is 0 Å². The molecule has 0 amide bonds. The van der Waals surface area contributed by atoms with Gasteiger partial charge in [0.2, 0.25) is 0 Å². The quantitative estimate of drug-likeness (QED) is 0.298. The number of rotatable bonds is 7. The molecular formula is C16H24IN5S. The molecule has 0 unspecified atom stereocenters. The number of aliphatic imine (C=N–C) groups is 1. The Hall–Kier alpha value is -1.22. The highest BCUT2D eigenvalue weighted by atomic mass is 127. The first kappa shape index (κ1) is 19.8. The van der Waals surface area contributed by atoms with Crippen molar-refractivity contribution in [3.63, 3.8) is 0 Å². The number of aromatic nitrogens is 2. The first-order valence-electron chi connectivity index (χ1n) is 7.42. The van der Waals surface area contributed by atoms with Gasteiger partial charge in [-0.1, -0.05) is 18.2 Å². The SMILES string of the molecule is CCNC(=NCc1ccccc1-n1ccnc1)NCCSC.I. The first-order valence-corrected chi connectivity index (χ1v) is 8.82. The number of hydrogen-bond donors (Lipinski definition) is 2. The zero-order valence-corrected chi connectivity index (χ0v) is 16.7. The zero-order chi connectivity index (χ0) is 15.6. The smallest absolute Gasteiger partial charge is 0.191 e. The predicted molar refractivity (Wildman–Crippen MR) is 110 cm³/mol. The maximum Gasteiger partial charge on any atom is 0.191 e. The van der Waals surface area contributed by atoms with E-state index in [2.05, 4.69) is 45.9 Å². The van der Waals surface area contributed by atoms with E-state index in [9.17, 15) is 0 Å². The highest BCUT2D eigenvalue weighted by molar-refractivity contribution is 14.0. The number of guanidine groups is 1. The second kappa shape index (κ2) is 11.3. The molecule has 7 heteroatoms. The molecule has 2 N–H and O–H groups in total. The molecule has 0 aliphatic carbocycles. The third-order valence-corrected chi connectivity index (χ3v) is 3.74. The first-order chi connectivity index (χ1) is 10.8. The average molecular weight is 445 g/mol. The van der Waals surface area contributed by atoms with Gasteiger partial charge in [0, 0.05) is 31.2 Å². The van der Waals surface area contributed by atoms with E-state index in [1.807, 2.05) is 41.0 Å². The second-order valence-electron chi connectivity index (χ2n) is 4.71. The lowest BCUT2D eigenvalue weighted by Gasteiger charge is -2.12. The number of thioether (sulfide) groups is 1. The number of benzene rings is 1. The van der Waals surface area contributed by atoms with E-state index in [0.717, 1.165) is 30.5 Å². The normalized spacial score (nSPS) is 11.0. The van der Waals surface area contributed by atoms with Crippen molar-refractivity contribution >= 4 is 41.7 Å². The van der Waals surface area contributed by atoms with Crippen molar-refractivity contribution in [3.8, 4) is 5.69 Å². The average Bonchev–Trinajstić information content (AvgIpc) is 3.07. The van der Waals surface area contributed by atoms with Crippen LogP contribution in [0.1, 0.15) is 12.5 Å². The molecule has 23 heavy (non-hydrogen) atoms. The van der Waals surface area contributed by atoms with Crippen molar-refractivity contribution in [1.29, 1.82) is 0 Å². The summed E-state index contributed by atoms with van der Waals surface area (Å²) in [7, 11) is 0. The molecule has 1 heterocycles. The van der Waals surface area contributed by atoms with Gasteiger partial charge in [0.25, 0.3) is 0 Å². The van der Waals surface area contributed by atoms with Crippen LogP contribution in [-0.4, -0.2) is 40.6 Å². The molecule has 126 valence electrons. The van der Waals surface area contributed by atoms with Crippen molar-refractivity contribution in [2.75, 3.05) is 25.1 Å². The maximum absolute atomic E-state index is 4.68. The van der Waals surface area contributed by atoms with Gasteiger partial charge in [-0.25, -0.2) is 9.98 Å². The fraction of sp³-hybridized carbons (Fsp3) is 0.375. The standard InChI is InChI=1S/C16H23N5S.HI/c1-3-18-16(19-9-11-22-2)20-12-14-6-4-5-7-15(14)21-10-8-17-13-21;/h4-8,10,13H,3,9,11-12H2,1-2H3,(H2,18,19,20);1H. The van der Waals surface area contributed by atoms with Gasteiger partial charge in [0.05, 0.1) is 18.6 Å². The molecule has 2 rings (SSSR count). The lowest BCUT2D eigenvalue weighted by Crippen LogP contribution is -2.38. The summed E-state index contributed by atoms with van der Waals surface area (Å²) in [5.74, 6) is 1.92. The van der Waals surface area contributed by atoms with Gasteiger partial charge < -0.3 is 15.2 Å². The molecule has 2 aromatic rings. The molecular weight excluding hydrogens is 421 g/mol. The second-order valence-corrected chi connectivity index (χ2v) is 5.70. The Labute approximate surface area is 159 Å². The Balaban J connectivity index is 0.00000264. The molecule has 0 aliphatic heterocycles. The summed E-state index contributed by atoms with van der Waals surface area (Å²) in [4.78, 5) is 8.79. The number of halogens is 1. The van der Waals surface area contributed by atoms with Crippen molar-refractivity contribution < 1.29 is 0 Å². The highest BCUT2D eigenvalue weighted by Crippen LogP contribution is 2.14. The van der Waals surface area contributed by atoms with E-state index in [4.69, 9.17) is 0 Å². The minimum atomic E-state index is 0. The lowest BCUT2D eigenvalue weighted by atomic mass is 10.2. The Morgan fingerprint density at radius 2 is 2.13 bits per heavy atom. The Morgan fingerprint density at radius 3 is 2.83 bits per heavy atom. The summed E-state index contributed by atoms with van der Waals surface area (Å²) in [5.41, 5.74) is 2.28. The van der Waals surface area contributed by atoms with Gasteiger partial charge in [0.1, 0.15) is 0 Å². The van der Waals surface area contributed by atoms with Gasteiger partial charge in [0.15, 0.2) is 5.96 Å². The third-order valence-electron chi connectivity index (χ3n) is 3.12. The van der Waals surface area contributed by atoms with E-state index in [-0.39, 0.29) is 24.0 Å². The summed E-state index contributed by atoms with van der Waals surface area (Å²) in [6, 6.07) is 8.26. The van der Waals surface area contributed by atoms with Crippen LogP contribution < -0.4 is 10.6 Å². The number of imidazole rings is 1. The lowest BCUT2D eigenvalue weighted by molar-refractivity contribution is 0.841. The number of nitrogens with zero attached hydrogens (tertiary/aromatic N) is 3. The molecule has 1 aromatic heterocycles. The fourth-order valence-corrected chi connectivity index (χ4v) is 2.38. The molecule has 0 saturated heterocycles. The number of nitrogens with one attached hydrogen (secondary N) is 2. The van der Waals surface area contributed by atoms with Gasteiger partial charge >= 0.3 is 0 Å². The summed E-state index contributed by atoms with van der Waals surface area (Å²) in [6.07, 6.45) is 7.65. The van der Waals surface area contributed by atoms with Gasteiger partial charge in [-0.05, 0) is 24.8 Å². The minimum Gasteiger partial charge on any atom is -0.357 e. The van der Waals surface area contributed by atoms with E-state index < -0.39 is 0 Å². The van der Waals surface area contributed by atoms with Crippen molar-refractivity contribution in [1.82, 2.24) is 20.2 Å². The van der Waals surface area contributed by atoms with Crippen LogP contribution in [0.3, 0.4) is 0 Å².